The van der Waals surface area contributed by atoms with E-state index in [9.17, 15) is 4.79 Å². The molecule has 1 amide bonds. The number of carbonyl (C=O) groups is 1. The molecule has 1 aliphatic rings. The van der Waals surface area contributed by atoms with Gasteiger partial charge in [0.15, 0.2) is 11.5 Å². The topological polar surface area (TPSA) is 76.2 Å². The second-order valence-electron chi connectivity index (χ2n) is 4.55. The number of ether oxygens (including phenoxy) is 2. The van der Waals surface area contributed by atoms with Crippen LogP contribution in [-0.4, -0.2) is 36.1 Å². The van der Waals surface area contributed by atoms with E-state index < -0.39 is 0 Å². The molecule has 0 radical (unpaired) electrons. The fourth-order valence-corrected chi connectivity index (χ4v) is 3.40. The highest BCUT2D eigenvalue weighted by atomic mass is 32.2. The molecule has 1 aromatic heterocycles. The minimum atomic E-state index is -0.0338. The molecule has 2 aromatic rings. The normalized spacial score (nSPS) is 17.6. The average Bonchev–Trinajstić information content (AvgIpc) is 2.89. The van der Waals surface area contributed by atoms with Gasteiger partial charge in [0.05, 0.1) is 31.4 Å². The van der Waals surface area contributed by atoms with Gasteiger partial charge in [-0.1, -0.05) is 6.07 Å². The third-order valence-electron chi connectivity index (χ3n) is 3.31. The zero-order chi connectivity index (χ0) is 14.8. The Morgan fingerprint density at radius 2 is 2.10 bits per heavy atom. The molecule has 110 valence electrons. The molecule has 2 N–H and O–H groups in total. The Kier molecular flexibility index (Phi) is 3.74. The number of nitrogens with zero attached hydrogens (tertiary/aromatic N) is 1. The summed E-state index contributed by atoms with van der Waals surface area (Å²) in [4.78, 5) is 11.7. The van der Waals surface area contributed by atoms with Gasteiger partial charge in [-0.05, 0) is 17.7 Å². The second-order valence-corrected chi connectivity index (χ2v) is 5.65. The first-order chi connectivity index (χ1) is 10.2. The summed E-state index contributed by atoms with van der Waals surface area (Å²) < 4.78 is 10.6. The number of hydrogen-bond acceptors (Lipinski definition) is 5. The summed E-state index contributed by atoms with van der Waals surface area (Å²) in [5.74, 6) is 2.37. The summed E-state index contributed by atoms with van der Waals surface area (Å²) >= 11 is 1.56. The number of benzene rings is 1. The van der Waals surface area contributed by atoms with Crippen molar-refractivity contribution in [2.75, 3.05) is 25.3 Å². The molecule has 0 bridgehead atoms. The molecule has 0 saturated carbocycles. The van der Waals surface area contributed by atoms with Crippen molar-refractivity contribution in [2.45, 2.75) is 5.25 Å². The molecule has 7 heteroatoms. The van der Waals surface area contributed by atoms with Gasteiger partial charge in [-0.3, -0.25) is 9.89 Å². The number of carbonyl (C=O) groups excluding carboxylic acids is 1. The van der Waals surface area contributed by atoms with E-state index in [2.05, 4.69) is 15.5 Å². The number of nitrogens with one attached hydrogen (secondary N) is 2. The monoisotopic (exact) mass is 305 g/mol. The van der Waals surface area contributed by atoms with E-state index in [0.717, 1.165) is 11.1 Å². The largest absolute Gasteiger partial charge is 0.493 e. The number of aromatic amines is 1. The lowest BCUT2D eigenvalue weighted by molar-refractivity contribution is -0.113. The van der Waals surface area contributed by atoms with Gasteiger partial charge in [-0.25, -0.2) is 0 Å². The van der Waals surface area contributed by atoms with E-state index in [1.807, 2.05) is 18.2 Å². The van der Waals surface area contributed by atoms with Crippen LogP contribution in [0.3, 0.4) is 0 Å². The molecule has 1 atom stereocenters. The smallest absolute Gasteiger partial charge is 0.235 e. The Labute approximate surface area is 126 Å². The standard InChI is InChI=1S/C14H15N3O3S/c1-19-10-4-3-8(5-11(10)20-2)13-9-6-15-17-14(9)16-12(18)7-21-13/h3-6,13H,7H2,1-2H3,(H2,15,16,17,18)/t13-/m1/s1. The fourth-order valence-electron chi connectivity index (χ4n) is 2.31. The molecule has 1 aromatic carbocycles. The highest BCUT2D eigenvalue weighted by molar-refractivity contribution is 8.00. The minimum absolute atomic E-state index is 0.0116. The lowest BCUT2D eigenvalue weighted by Gasteiger charge is -2.16. The predicted molar refractivity (Wildman–Crippen MR) is 81.1 cm³/mol. The quantitative estimate of drug-likeness (QED) is 0.909. The predicted octanol–water partition coefficient (Wildman–Crippen LogP) is 2.20. The van der Waals surface area contributed by atoms with Gasteiger partial charge in [0, 0.05) is 5.56 Å². The zero-order valence-electron chi connectivity index (χ0n) is 11.7. The lowest BCUT2D eigenvalue weighted by Crippen LogP contribution is -2.12. The fraction of sp³-hybridized carbons (Fsp3) is 0.286. The summed E-state index contributed by atoms with van der Waals surface area (Å²) in [6.07, 6.45) is 1.75. The van der Waals surface area contributed by atoms with Crippen molar-refractivity contribution in [1.82, 2.24) is 10.2 Å². The molecular weight excluding hydrogens is 290 g/mol. The van der Waals surface area contributed by atoms with E-state index in [4.69, 9.17) is 9.47 Å². The van der Waals surface area contributed by atoms with E-state index in [1.54, 1.807) is 32.2 Å². The van der Waals surface area contributed by atoms with Gasteiger partial charge in [-0.2, -0.15) is 5.10 Å². The molecule has 0 spiro atoms. The SMILES string of the molecule is COc1ccc([C@H]2SCC(=O)Nc3[nH]ncc32)cc1OC. The Bertz CT molecular complexity index is 671. The van der Waals surface area contributed by atoms with Gasteiger partial charge >= 0.3 is 0 Å². The molecule has 1 aliphatic heterocycles. The molecule has 3 rings (SSSR count). The third-order valence-corrected chi connectivity index (χ3v) is 4.60. The second kappa shape index (κ2) is 5.69. The van der Waals surface area contributed by atoms with Crippen LogP contribution in [0.15, 0.2) is 24.4 Å². The summed E-state index contributed by atoms with van der Waals surface area (Å²) in [6.45, 7) is 0. The van der Waals surface area contributed by atoms with Crippen LogP contribution >= 0.6 is 11.8 Å². The van der Waals surface area contributed by atoms with Crippen molar-refractivity contribution in [3.63, 3.8) is 0 Å². The molecule has 0 fully saturated rings. The number of anilines is 1. The Morgan fingerprint density at radius 1 is 1.29 bits per heavy atom. The van der Waals surface area contributed by atoms with Crippen molar-refractivity contribution in [3.05, 3.63) is 35.5 Å². The number of rotatable bonds is 3. The van der Waals surface area contributed by atoms with E-state index in [0.29, 0.717) is 23.1 Å². The van der Waals surface area contributed by atoms with Crippen molar-refractivity contribution >= 4 is 23.5 Å². The maximum Gasteiger partial charge on any atom is 0.235 e. The van der Waals surface area contributed by atoms with Crippen LogP contribution in [0.2, 0.25) is 0 Å². The highest BCUT2D eigenvalue weighted by Crippen LogP contribution is 2.42. The van der Waals surface area contributed by atoms with Crippen LogP contribution in [0.1, 0.15) is 16.4 Å². The molecule has 2 heterocycles. The van der Waals surface area contributed by atoms with E-state index in [1.165, 1.54) is 0 Å². The van der Waals surface area contributed by atoms with Crippen molar-refractivity contribution in [3.8, 4) is 11.5 Å². The summed E-state index contributed by atoms with van der Waals surface area (Å²) in [5.41, 5.74) is 2.00. The third kappa shape index (κ3) is 2.56. The van der Waals surface area contributed by atoms with Crippen LogP contribution in [-0.2, 0) is 4.79 Å². The first kappa shape index (κ1) is 13.8. The van der Waals surface area contributed by atoms with E-state index in [-0.39, 0.29) is 11.2 Å². The number of methoxy groups -OCH3 is 2. The van der Waals surface area contributed by atoms with Gasteiger partial charge < -0.3 is 14.8 Å². The average molecular weight is 305 g/mol. The summed E-state index contributed by atoms with van der Waals surface area (Å²) in [7, 11) is 3.21. The van der Waals surface area contributed by atoms with E-state index >= 15 is 0 Å². The molecule has 0 unspecified atom stereocenters. The van der Waals surface area contributed by atoms with Gasteiger partial charge in [0.25, 0.3) is 0 Å². The summed E-state index contributed by atoms with van der Waals surface area (Å²) in [6, 6.07) is 5.78. The van der Waals surface area contributed by atoms with Crippen molar-refractivity contribution < 1.29 is 14.3 Å². The first-order valence-electron chi connectivity index (χ1n) is 6.39. The Morgan fingerprint density at radius 3 is 2.86 bits per heavy atom. The van der Waals surface area contributed by atoms with Crippen LogP contribution in [0.5, 0.6) is 11.5 Å². The summed E-state index contributed by atoms with van der Waals surface area (Å²) in [5, 5.41) is 9.68. The van der Waals surface area contributed by atoms with Gasteiger partial charge in [0.1, 0.15) is 5.82 Å². The maximum absolute atomic E-state index is 11.7. The van der Waals surface area contributed by atoms with Crippen LogP contribution < -0.4 is 14.8 Å². The number of fused-ring (bicyclic) bond motifs is 1. The van der Waals surface area contributed by atoms with Crippen LogP contribution in [0.25, 0.3) is 0 Å². The highest BCUT2D eigenvalue weighted by Gasteiger charge is 2.26. The maximum atomic E-state index is 11.7. The Hall–Kier alpha value is -2.15. The molecule has 21 heavy (non-hydrogen) atoms. The Balaban J connectivity index is 2.02. The van der Waals surface area contributed by atoms with Crippen molar-refractivity contribution in [1.29, 1.82) is 0 Å². The molecule has 0 saturated heterocycles. The zero-order valence-corrected chi connectivity index (χ0v) is 12.5. The minimum Gasteiger partial charge on any atom is -0.493 e. The molecule has 0 aliphatic carbocycles. The number of amides is 1. The number of H-pyrrole nitrogens is 1. The van der Waals surface area contributed by atoms with Gasteiger partial charge in [-0.15, -0.1) is 11.8 Å². The van der Waals surface area contributed by atoms with Crippen LogP contribution in [0, 0.1) is 0 Å². The van der Waals surface area contributed by atoms with Crippen molar-refractivity contribution in [2.24, 2.45) is 0 Å². The van der Waals surface area contributed by atoms with Crippen LogP contribution in [0.4, 0.5) is 5.82 Å². The lowest BCUT2D eigenvalue weighted by atomic mass is 10.1. The number of hydrogen-bond donors (Lipinski definition) is 2. The first-order valence-corrected chi connectivity index (χ1v) is 7.44. The molecule has 6 nitrogen and oxygen atoms in total. The number of thioether (sulfide) groups is 1. The number of aromatic nitrogens is 2. The van der Waals surface area contributed by atoms with Gasteiger partial charge in [0.2, 0.25) is 5.91 Å². The molecular formula is C14H15N3O3S.